The van der Waals surface area contributed by atoms with Gasteiger partial charge in [0.25, 0.3) is 0 Å². The van der Waals surface area contributed by atoms with Crippen LogP contribution in [0, 0.1) is 5.92 Å². The van der Waals surface area contributed by atoms with Gasteiger partial charge in [0.05, 0.1) is 5.56 Å². The van der Waals surface area contributed by atoms with E-state index in [1.807, 2.05) is 0 Å². The van der Waals surface area contributed by atoms with Crippen LogP contribution in [-0.4, -0.2) is 29.2 Å². The molecule has 2 amide bonds. The quantitative estimate of drug-likeness (QED) is 0.475. The van der Waals surface area contributed by atoms with Crippen LogP contribution in [0.1, 0.15) is 92.2 Å². The molecule has 200 valence electrons. The predicted molar refractivity (Wildman–Crippen MR) is 130 cm³/mol. The highest BCUT2D eigenvalue weighted by Gasteiger charge is 2.33. The molecule has 0 spiro atoms. The lowest BCUT2D eigenvalue weighted by Gasteiger charge is -2.24. The number of ether oxygens (including phenoxy) is 2. The molecule has 1 fully saturated rings. The zero-order valence-corrected chi connectivity index (χ0v) is 22.2. The molecule has 0 saturated heterocycles. The summed E-state index contributed by atoms with van der Waals surface area (Å²) >= 11 is 0. The molecule has 0 heterocycles. The fourth-order valence-electron chi connectivity index (χ4n) is 3.48. The molecule has 9 heteroatoms. The van der Waals surface area contributed by atoms with Crippen LogP contribution < -0.4 is 15.4 Å². The average Bonchev–Trinajstić information content (AvgIpc) is 3.12. The SMILES string of the molecule is CC(C)(C)OC(=O)NC1CCC(C(=O)NCc2cc(C(F)(F)F)ccc2OC(C)(C)C)C1.CCC. The fraction of sp³-hybridized carbons (Fsp3) is 0.692. The van der Waals surface area contributed by atoms with Gasteiger partial charge in [0.2, 0.25) is 5.91 Å². The number of halogens is 3. The van der Waals surface area contributed by atoms with Gasteiger partial charge in [-0.3, -0.25) is 4.79 Å². The van der Waals surface area contributed by atoms with Crippen molar-refractivity contribution in [3.05, 3.63) is 29.3 Å². The van der Waals surface area contributed by atoms with E-state index < -0.39 is 29.0 Å². The fourth-order valence-corrected chi connectivity index (χ4v) is 3.48. The molecule has 35 heavy (non-hydrogen) atoms. The van der Waals surface area contributed by atoms with Crippen LogP contribution in [0.2, 0.25) is 0 Å². The van der Waals surface area contributed by atoms with Gasteiger partial charge in [0.1, 0.15) is 17.0 Å². The number of hydrogen-bond acceptors (Lipinski definition) is 4. The molecular formula is C26H41F3N2O4. The van der Waals surface area contributed by atoms with Crippen LogP contribution in [0.5, 0.6) is 5.75 Å². The van der Waals surface area contributed by atoms with Crippen molar-refractivity contribution >= 4 is 12.0 Å². The molecule has 2 rings (SSSR count). The zero-order valence-electron chi connectivity index (χ0n) is 22.2. The van der Waals surface area contributed by atoms with Crippen LogP contribution in [0.15, 0.2) is 18.2 Å². The normalized spacial score (nSPS) is 18.3. The first-order valence-corrected chi connectivity index (χ1v) is 12.1. The van der Waals surface area contributed by atoms with E-state index in [4.69, 9.17) is 9.47 Å². The molecule has 2 N–H and O–H groups in total. The van der Waals surface area contributed by atoms with E-state index in [-0.39, 0.29) is 30.0 Å². The lowest BCUT2D eigenvalue weighted by atomic mass is 10.1. The summed E-state index contributed by atoms with van der Waals surface area (Å²) in [6.45, 7) is 14.8. The molecule has 2 unspecified atom stereocenters. The van der Waals surface area contributed by atoms with E-state index in [0.717, 1.165) is 12.1 Å². The third-order valence-electron chi connectivity index (χ3n) is 4.78. The number of alkyl carbamates (subject to hydrolysis) is 1. The van der Waals surface area contributed by atoms with Gasteiger partial charge in [0, 0.05) is 24.1 Å². The second kappa shape index (κ2) is 12.5. The molecule has 1 aromatic rings. The summed E-state index contributed by atoms with van der Waals surface area (Å²) in [5.74, 6) is -0.313. The predicted octanol–water partition coefficient (Wildman–Crippen LogP) is 6.61. The third kappa shape index (κ3) is 11.7. The van der Waals surface area contributed by atoms with Crippen LogP contribution >= 0.6 is 0 Å². The second-order valence-corrected chi connectivity index (χ2v) is 10.8. The number of nitrogens with one attached hydrogen (secondary N) is 2. The van der Waals surface area contributed by atoms with Crippen LogP contribution in [0.25, 0.3) is 0 Å². The molecule has 0 radical (unpaired) electrons. The zero-order chi connectivity index (χ0) is 27.0. The number of carbonyl (C=O) groups is 2. The highest BCUT2D eigenvalue weighted by Crippen LogP contribution is 2.34. The van der Waals surface area contributed by atoms with Gasteiger partial charge in [-0.15, -0.1) is 0 Å². The van der Waals surface area contributed by atoms with Gasteiger partial charge in [0.15, 0.2) is 0 Å². The van der Waals surface area contributed by atoms with Gasteiger partial charge >= 0.3 is 12.3 Å². The number of benzene rings is 1. The Morgan fingerprint density at radius 1 is 1.00 bits per heavy atom. The molecule has 0 aromatic heterocycles. The Morgan fingerprint density at radius 2 is 1.60 bits per heavy atom. The average molecular weight is 503 g/mol. The first-order valence-electron chi connectivity index (χ1n) is 12.1. The molecule has 0 bridgehead atoms. The van der Waals surface area contributed by atoms with E-state index in [0.29, 0.717) is 25.0 Å². The Balaban J connectivity index is 0.00000194. The minimum atomic E-state index is -4.50. The first-order chi connectivity index (χ1) is 15.9. The Labute approximate surface area is 207 Å². The van der Waals surface area contributed by atoms with Crippen LogP contribution in [-0.2, 0) is 22.3 Å². The molecule has 1 aliphatic rings. The topological polar surface area (TPSA) is 76.7 Å². The summed E-state index contributed by atoms with van der Waals surface area (Å²) in [5, 5.41) is 5.49. The number of alkyl halides is 3. The minimum absolute atomic E-state index is 0.0885. The summed E-state index contributed by atoms with van der Waals surface area (Å²) in [6.07, 6.45) is -2.14. The Bertz CT molecular complexity index is 842. The van der Waals surface area contributed by atoms with Crippen molar-refractivity contribution in [3.63, 3.8) is 0 Å². The number of rotatable bonds is 5. The molecular weight excluding hydrogens is 461 g/mol. The smallest absolute Gasteiger partial charge is 0.416 e. The van der Waals surface area contributed by atoms with Crippen LogP contribution in [0.4, 0.5) is 18.0 Å². The summed E-state index contributed by atoms with van der Waals surface area (Å²) in [5.41, 5.74) is -1.77. The summed E-state index contributed by atoms with van der Waals surface area (Å²) < 4.78 is 50.5. The van der Waals surface area contributed by atoms with Crippen molar-refractivity contribution in [1.82, 2.24) is 10.6 Å². The standard InChI is InChI=1S/C23H33F3N2O4.C3H8/c1-21(2,3)31-18-10-8-16(23(24,25)26)11-15(18)13-27-19(29)14-7-9-17(12-14)28-20(30)32-22(4,5)6;1-3-2/h8,10-11,14,17H,7,9,12-13H2,1-6H3,(H,27,29)(H,28,30);3H2,1-2H3. The largest absolute Gasteiger partial charge is 0.488 e. The second-order valence-electron chi connectivity index (χ2n) is 10.8. The lowest BCUT2D eigenvalue weighted by Crippen LogP contribution is -2.38. The molecule has 1 saturated carbocycles. The number of hydrogen-bond donors (Lipinski definition) is 2. The maximum absolute atomic E-state index is 13.2. The maximum Gasteiger partial charge on any atom is 0.416 e. The van der Waals surface area contributed by atoms with Crippen molar-refractivity contribution in [2.45, 2.75) is 111 Å². The Kier molecular flexibility index (Phi) is 10.9. The summed E-state index contributed by atoms with van der Waals surface area (Å²) in [6, 6.07) is 3.07. The molecule has 1 aliphatic carbocycles. The van der Waals surface area contributed by atoms with Crippen molar-refractivity contribution in [1.29, 1.82) is 0 Å². The monoisotopic (exact) mass is 502 g/mol. The van der Waals surface area contributed by atoms with Gasteiger partial charge in [-0.2, -0.15) is 13.2 Å². The van der Waals surface area contributed by atoms with Gasteiger partial charge < -0.3 is 20.1 Å². The molecule has 0 aliphatic heterocycles. The third-order valence-corrected chi connectivity index (χ3v) is 4.78. The number of amides is 2. The van der Waals surface area contributed by atoms with Crippen molar-refractivity contribution < 1.29 is 32.2 Å². The van der Waals surface area contributed by atoms with E-state index in [9.17, 15) is 22.8 Å². The maximum atomic E-state index is 13.2. The molecule has 1 aromatic carbocycles. The van der Waals surface area contributed by atoms with Gasteiger partial charge in [-0.05, 0) is 79.0 Å². The van der Waals surface area contributed by atoms with E-state index in [1.165, 1.54) is 12.5 Å². The van der Waals surface area contributed by atoms with Crippen molar-refractivity contribution in [3.8, 4) is 5.75 Å². The van der Waals surface area contributed by atoms with Gasteiger partial charge in [-0.25, -0.2) is 4.79 Å². The van der Waals surface area contributed by atoms with E-state index in [1.54, 1.807) is 41.5 Å². The van der Waals surface area contributed by atoms with Crippen molar-refractivity contribution in [2.24, 2.45) is 5.92 Å². The molecule has 2 atom stereocenters. The molecule has 6 nitrogen and oxygen atoms in total. The summed E-state index contributed by atoms with van der Waals surface area (Å²) in [7, 11) is 0. The Hall–Kier alpha value is -2.45. The Morgan fingerprint density at radius 3 is 2.11 bits per heavy atom. The highest BCUT2D eigenvalue weighted by atomic mass is 19.4. The lowest BCUT2D eigenvalue weighted by molar-refractivity contribution is -0.137. The minimum Gasteiger partial charge on any atom is -0.488 e. The van der Waals surface area contributed by atoms with E-state index >= 15 is 0 Å². The number of carbonyl (C=O) groups excluding carboxylic acids is 2. The summed E-state index contributed by atoms with van der Waals surface area (Å²) in [4.78, 5) is 24.6. The highest BCUT2D eigenvalue weighted by molar-refractivity contribution is 5.79. The van der Waals surface area contributed by atoms with Crippen molar-refractivity contribution in [2.75, 3.05) is 0 Å². The first kappa shape index (κ1) is 30.6. The van der Waals surface area contributed by atoms with Crippen LogP contribution in [0.3, 0.4) is 0 Å². The van der Waals surface area contributed by atoms with Gasteiger partial charge in [-0.1, -0.05) is 20.3 Å². The van der Waals surface area contributed by atoms with E-state index in [2.05, 4.69) is 24.5 Å².